The van der Waals surface area contributed by atoms with Crippen LogP contribution < -0.4 is 5.32 Å². The number of rotatable bonds is 4. The van der Waals surface area contributed by atoms with Crippen LogP contribution in [0.1, 0.15) is 23.2 Å². The summed E-state index contributed by atoms with van der Waals surface area (Å²) in [4.78, 5) is 14.1. The lowest BCUT2D eigenvalue weighted by Gasteiger charge is -2.41. The fourth-order valence-corrected chi connectivity index (χ4v) is 2.07. The first kappa shape index (κ1) is 11.1. The summed E-state index contributed by atoms with van der Waals surface area (Å²) < 4.78 is 0. The fraction of sp³-hybridized carbons (Fsp3) is 0.462. The van der Waals surface area contributed by atoms with Crippen LogP contribution in [-0.2, 0) is 0 Å². The van der Waals surface area contributed by atoms with Gasteiger partial charge in [0.15, 0.2) is 0 Å². The lowest BCUT2D eigenvalue weighted by molar-refractivity contribution is 0.0446. The number of carbonyl (C=O) groups is 1. The van der Waals surface area contributed by atoms with Gasteiger partial charge in [0.2, 0.25) is 0 Å². The average Bonchev–Trinajstić information content (AvgIpc) is 2.29. The molecule has 0 bridgehead atoms. The molecule has 1 aromatic rings. The van der Waals surface area contributed by atoms with Crippen LogP contribution >= 0.6 is 0 Å². The molecule has 3 heteroatoms. The Morgan fingerprint density at radius 1 is 1.44 bits per heavy atom. The first-order valence-electron chi connectivity index (χ1n) is 5.83. The minimum absolute atomic E-state index is 0.174. The number of likely N-dealkylation sites (tertiary alicyclic amines) is 1. The fourth-order valence-electron chi connectivity index (χ4n) is 2.07. The van der Waals surface area contributed by atoms with E-state index in [1.807, 2.05) is 42.3 Å². The van der Waals surface area contributed by atoms with Crippen molar-refractivity contribution in [3.8, 4) is 0 Å². The van der Waals surface area contributed by atoms with Gasteiger partial charge in [0.05, 0.1) is 0 Å². The Morgan fingerprint density at radius 2 is 2.19 bits per heavy atom. The molecule has 16 heavy (non-hydrogen) atoms. The number of hydrogen-bond donors (Lipinski definition) is 1. The van der Waals surface area contributed by atoms with E-state index in [1.165, 1.54) is 0 Å². The molecule has 0 aliphatic carbocycles. The predicted octanol–water partition coefficient (Wildman–Crippen LogP) is 1.51. The molecule has 0 aromatic heterocycles. The van der Waals surface area contributed by atoms with E-state index < -0.39 is 0 Å². The van der Waals surface area contributed by atoms with E-state index in [4.69, 9.17) is 0 Å². The van der Waals surface area contributed by atoms with Gasteiger partial charge in [0.25, 0.3) is 5.91 Å². The maximum Gasteiger partial charge on any atom is 0.254 e. The summed E-state index contributed by atoms with van der Waals surface area (Å²) in [6, 6.07) is 9.96. The monoisotopic (exact) mass is 218 g/mol. The van der Waals surface area contributed by atoms with Crippen LogP contribution in [0.5, 0.6) is 0 Å². The molecule has 0 radical (unpaired) electrons. The minimum Gasteiger partial charge on any atom is -0.335 e. The molecule has 1 atom stereocenters. The molecule has 1 aromatic carbocycles. The zero-order valence-electron chi connectivity index (χ0n) is 9.65. The molecule has 0 spiro atoms. The Kier molecular flexibility index (Phi) is 3.57. The van der Waals surface area contributed by atoms with E-state index in [-0.39, 0.29) is 5.91 Å². The Bertz CT molecular complexity index is 350. The maximum atomic E-state index is 12.1. The van der Waals surface area contributed by atoms with Gasteiger partial charge < -0.3 is 10.2 Å². The second-order valence-electron chi connectivity index (χ2n) is 4.20. The molecule has 2 rings (SSSR count). The number of benzene rings is 1. The molecule has 1 aliphatic rings. The van der Waals surface area contributed by atoms with Crippen molar-refractivity contribution in [3.63, 3.8) is 0 Å². The van der Waals surface area contributed by atoms with Crippen LogP contribution in [-0.4, -0.2) is 37.0 Å². The summed E-state index contributed by atoms with van der Waals surface area (Å²) in [6.45, 7) is 1.88. The molecule has 1 unspecified atom stereocenters. The van der Waals surface area contributed by atoms with Crippen LogP contribution in [0.25, 0.3) is 0 Å². The van der Waals surface area contributed by atoms with Gasteiger partial charge >= 0.3 is 0 Å². The summed E-state index contributed by atoms with van der Waals surface area (Å²) in [7, 11) is 1.95. The minimum atomic E-state index is 0.174. The van der Waals surface area contributed by atoms with Crippen molar-refractivity contribution in [2.24, 2.45) is 0 Å². The van der Waals surface area contributed by atoms with E-state index in [2.05, 4.69) is 5.32 Å². The third-order valence-corrected chi connectivity index (χ3v) is 3.15. The summed E-state index contributed by atoms with van der Waals surface area (Å²) in [5.41, 5.74) is 0.802. The van der Waals surface area contributed by atoms with Crippen molar-refractivity contribution in [3.05, 3.63) is 35.9 Å². The number of hydrogen-bond acceptors (Lipinski definition) is 2. The molecule has 1 saturated heterocycles. The summed E-state index contributed by atoms with van der Waals surface area (Å²) >= 11 is 0. The van der Waals surface area contributed by atoms with Crippen molar-refractivity contribution >= 4 is 5.91 Å². The van der Waals surface area contributed by atoms with E-state index in [0.29, 0.717) is 6.04 Å². The highest BCUT2D eigenvalue weighted by molar-refractivity contribution is 5.94. The maximum absolute atomic E-state index is 12.1. The number of amides is 1. The Morgan fingerprint density at radius 3 is 2.75 bits per heavy atom. The van der Waals surface area contributed by atoms with Crippen molar-refractivity contribution < 1.29 is 4.79 Å². The third-order valence-electron chi connectivity index (χ3n) is 3.15. The molecule has 1 amide bonds. The van der Waals surface area contributed by atoms with E-state index in [9.17, 15) is 4.79 Å². The zero-order chi connectivity index (χ0) is 11.4. The molecule has 86 valence electrons. The lowest BCUT2D eigenvalue weighted by Crippen LogP contribution is -2.51. The van der Waals surface area contributed by atoms with Crippen molar-refractivity contribution in [1.29, 1.82) is 0 Å². The number of nitrogens with one attached hydrogen (secondary N) is 1. The first-order chi connectivity index (χ1) is 7.83. The highest BCUT2D eigenvalue weighted by Gasteiger charge is 2.31. The number of nitrogens with zero attached hydrogens (tertiary/aromatic N) is 1. The molecule has 1 aliphatic heterocycles. The second-order valence-corrected chi connectivity index (χ2v) is 4.20. The average molecular weight is 218 g/mol. The van der Waals surface area contributed by atoms with Crippen LogP contribution in [0.15, 0.2) is 30.3 Å². The molecule has 1 N–H and O–H groups in total. The Hall–Kier alpha value is -1.35. The van der Waals surface area contributed by atoms with Crippen LogP contribution in [0.3, 0.4) is 0 Å². The molecule has 1 fully saturated rings. The molecule has 1 heterocycles. The van der Waals surface area contributed by atoms with Crippen molar-refractivity contribution in [2.45, 2.75) is 18.9 Å². The smallest absolute Gasteiger partial charge is 0.254 e. The van der Waals surface area contributed by atoms with Gasteiger partial charge in [-0.1, -0.05) is 18.2 Å². The predicted molar refractivity (Wildman–Crippen MR) is 64.4 cm³/mol. The molecular weight excluding hydrogens is 200 g/mol. The van der Waals surface area contributed by atoms with Gasteiger partial charge in [-0.2, -0.15) is 0 Å². The molecular formula is C13H18N2O. The normalized spacial score (nSPS) is 19.3. The third kappa shape index (κ3) is 2.25. The molecule has 3 nitrogen and oxygen atoms in total. The largest absolute Gasteiger partial charge is 0.335 e. The quantitative estimate of drug-likeness (QED) is 0.831. The van der Waals surface area contributed by atoms with Crippen LogP contribution in [0.4, 0.5) is 0 Å². The Balaban J connectivity index is 1.96. The summed E-state index contributed by atoms with van der Waals surface area (Å²) in [6.07, 6.45) is 2.19. The van der Waals surface area contributed by atoms with E-state index in [1.54, 1.807) is 0 Å². The standard InChI is InChI=1S/C13H18N2O/c1-14-9-7-12-8-10-15(12)13(16)11-5-3-2-4-6-11/h2-6,12,14H,7-10H2,1H3. The SMILES string of the molecule is CNCCC1CCN1C(=O)c1ccccc1. The van der Waals surface area contributed by atoms with Crippen molar-refractivity contribution in [1.82, 2.24) is 10.2 Å². The summed E-state index contributed by atoms with van der Waals surface area (Å²) in [5.74, 6) is 0.174. The van der Waals surface area contributed by atoms with Crippen LogP contribution in [0, 0.1) is 0 Å². The second kappa shape index (κ2) is 5.12. The lowest BCUT2D eigenvalue weighted by atomic mass is 9.98. The highest BCUT2D eigenvalue weighted by atomic mass is 16.2. The van der Waals surface area contributed by atoms with Crippen LogP contribution in [0.2, 0.25) is 0 Å². The van der Waals surface area contributed by atoms with Gasteiger partial charge in [-0.05, 0) is 38.6 Å². The Labute approximate surface area is 96.5 Å². The molecule has 0 saturated carbocycles. The highest BCUT2D eigenvalue weighted by Crippen LogP contribution is 2.22. The van der Waals surface area contributed by atoms with E-state index in [0.717, 1.165) is 31.5 Å². The van der Waals surface area contributed by atoms with Gasteiger partial charge in [-0.25, -0.2) is 0 Å². The first-order valence-corrected chi connectivity index (χ1v) is 5.83. The van der Waals surface area contributed by atoms with Gasteiger partial charge in [0.1, 0.15) is 0 Å². The zero-order valence-corrected chi connectivity index (χ0v) is 9.65. The van der Waals surface area contributed by atoms with Gasteiger partial charge in [-0.15, -0.1) is 0 Å². The van der Waals surface area contributed by atoms with E-state index >= 15 is 0 Å². The summed E-state index contributed by atoms with van der Waals surface area (Å²) in [5, 5.41) is 3.13. The van der Waals surface area contributed by atoms with Gasteiger partial charge in [-0.3, -0.25) is 4.79 Å². The van der Waals surface area contributed by atoms with Gasteiger partial charge in [0, 0.05) is 18.2 Å². The topological polar surface area (TPSA) is 32.3 Å². The van der Waals surface area contributed by atoms with Crippen molar-refractivity contribution in [2.75, 3.05) is 20.1 Å². The number of carbonyl (C=O) groups excluding carboxylic acids is 1.